The van der Waals surface area contributed by atoms with Crippen molar-refractivity contribution in [2.75, 3.05) is 18.4 Å². The first-order valence-corrected chi connectivity index (χ1v) is 6.95. The SMILES string of the molecule is FC(F)(F)c1cnc(NC2CCCNC2)nc1-c1ccn[nH]1. The molecule has 1 atom stereocenters. The van der Waals surface area contributed by atoms with Gasteiger partial charge in [-0.15, -0.1) is 0 Å². The van der Waals surface area contributed by atoms with E-state index < -0.39 is 11.7 Å². The fourth-order valence-electron chi connectivity index (χ4n) is 2.41. The Balaban J connectivity index is 1.92. The van der Waals surface area contributed by atoms with Gasteiger partial charge in [0.15, 0.2) is 0 Å². The molecule has 0 spiro atoms. The van der Waals surface area contributed by atoms with Gasteiger partial charge < -0.3 is 10.6 Å². The minimum absolute atomic E-state index is 0.111. The Morgan fingerprint density at radius 2 is 2.18 bits per heavy atom. The number of H-pyrrole nitrogens is 1. The van der Waals surface area contributed by atoms with E-state index in [0.717, 1.165) is 32.1 Å². The maximum absolute atomic E-state index is 13.1. The van der Waals surface area contributed by atoms with E-state index in [1.54, 1.807) is 0 Å². The molecule has 0 saturated carbocycles. The van der Waals surface area contributed by atoms with Crippen LogP contribution in [0.2, 0.25) is 0 Å². The lowest BCUT2D eigenvalue weighted by Crippen LogP contribution is -2.38. The van der Waals surface area contributed by atoms with Gasteiger partial charge in [-0.1, -0.05) is 0 Å². The maximum atomic E-state index is 13.1. The second-order valence-electron chi connectivity index (χ2n) is 5.11. The molecule has 3 N–H and O–H groups in total. The number of nitrogens with one attached hydrogen (secondary N) is 3. The molecule has 1 aliphatic rings. The van der Waals surface area contributed by atoms with E-state index in [1.807, 2.05) is 0 Å². The quantitative estimate of drug-likeness (QED) is 0.808. The second kappa shape index (κ2) is 5.91. The molecule has 0 radical (unpaired) electrons. The highest BCUT2D eigenvalue weighted by Crippen LogP contribution is 2.35. The van der Waals surface area contributed by atoms with Gasteiger partial charge in [-0.2, -0.15) is 18.3 Å². The zero-order valence-electron chi connectivity index (χ0n) is 11.6. The molecular weight excluding hydrogens is 297 g/mol. The van der Waals surface area contributed by atoms with Crippen molar-refractivity contribution in [1.29, 1.82) is 0 Å². The molecule has 1 aliphatic heterocycles. The summed E-state index contributed by atoms with van der Waals surface area (Å²) in [6, 6.07) is 1.56. The Hall–Kier alpha value is -2.16. The van der Waals surface area contributed by atoms with E-state index in [2.05, 4.69) is 30.8 Å². The summed E-state index contributed by atoms with van der Waals surface area (Å²) in [5, 5.41) is 12.5. The van der Waals surface area contributed by atoms with Gasteiger partial charge in [0.2, 0.25) is 5.95 Å². The van der Waals surface area contributed by atoms with Gasteiger partial charge in [0, 0.05) is 25.0 Å². The molecule has 1 saturated heterocycles. The number of nitrogens with zero attached hydrogens (tertiary/aromatic N) is 3. The Bertz CT molecular complexity index is 619. The summed E-state index contributed by atoms with van der Waals surface area (Å²) in [7, 11) is 0. The smallest absolute Gasteiger partial charge is 0.350 e. The van der Waals surface area contributed by atoms with Crippen molar-refractivity contribution in [2.24, 2.45) is 0 Å². The molecule has 2 aromatic rings. The summed E-state index contributed by atoms with van der Waals surface area (Å²) in [6.45, 7) is 1.69. The number of rotatable bonds is 3. The highest BCUT2D eigenvalue weighted by molar-refractivity contribution is 5.60. The number of hydrogen-bond donors (Lipinski definition) is 3. The molecule has 2 aromatic heterocycles. The molecule has 3 heterocycles. The van der Waals surface area contributed by atoms with Crippen LogP contribution in [0.3, 0.4) is 0 Å². The second-order valence-corrected chi connectivity index (χ2v) is 5.11. The topological polar surface area (TPSA) is 78.5 Å². The summed E-state index contributed by atoms with van der Waals surface area (Å²) in [5.74, 6) is 0.186. The molecular formula is C13H15F3N6. The zero-order valence-corrected chi connectivity index (χ0v) is 11.6. The van der Waals surface area contributed by atoms with Crippen LogP contribution in [0.5, 0.6) is 0 Å². The Kier molecular flexibility index (Phi) is 3.97. The minimum atomic E-state index is -4.52. The van der Waals surface area contributed by atoms with Crippen LogP contribution in [0, 0.1) is 0 Å². The largest absolute Gasteiger partial charge is 0.420 e. The third-order valence-corrected chi connectivity index (χ3v) is 3.48. The highest BCUT2D eigenvalue weighted by Gasteiger charge is 2.36. The summed E-state index contributed by atoms with van der Waals surface area (Å²) in [6.07, 6.45) is -0.397. The van der Waals surface area contributed by atoms with Crippen LogP contribution in [-0.4, -0.2) is 39.3 Å². The van der Waals surface area contributed by atoms with E-state index in [-0.39, 0.29) is 23.4 Å². The van der Waals surface area contributed by atoms with Crippen LogP contribution >= 0.6 is 0 Å². The number of aromatic nitrogens is 4. The predicted octanol–water partition coefficient (Wildman–Crippen LogP) is 2.05. The van der Waals surface area contributed by atoms with Gasteiger partial charge in [0.25, 0.3) is 0 Å². The van der Waals surface area contributed by atoms with Crippen molar-refractivity contribution in [3.05, 3.63) is 24.0 Å². The van der Waals surface area contributed by atoms with Crippen LogP contribution in [0.25, 0.3) is 11.4 Å². The van der Waals surface area contributed by atoms with Gasteiger partial charge in [-0.05, 0) is 25.5 Å². The third kappa shape index (κ3) is 3.19. The first kappa shape index (κ1) is 14.8. The summed E-state index contributed by atoms with van der Waals surface area (Å²) >= 11 is 0. The number of piperidine rings is 1. The standard InChI is InChI=1S/C13H15F3N6/c14-13(15,16)9-7-18-12(20-8-2-1-4-17-6-8)21-11(9)10-3-5-19-22-10/h3,5,7-8,17H,1-2,4,6H2,(H,19,22)(H,18,20,21). The van der Waals surface area contributed by atoms with Gasteiger partial charge in [0.05, 0.1) is 5.69 Å². The average molecular weight is 312 g/mol. The minimum Gasteiger partial charge on any atom is -0.350 e. The molecule has 3 rings (SSSR count). The van der Waals surface area contributed by atoms with E-state index in [9.17, 15) is 13.2 Å². The van der Waals surface area contributed by atoms with Crippen molar-refractivity contribution in [2.45, 2.75) is 25.1 Å². The molecule has 22 heavy (non-hydrogen) atoms. The number of hydrogen-bond acceptors (Lipinski definition) is 5. The lowest BCUT2D eigenvalue weighted by atomic mass is 10.1. The molecule has 1 fully saturated rings. The Morgan fingerprint density at radius 3 is 2.82 bits per heavy atom. The number of halogens is 3. The normalized spacial score (nSPS) is 19.1. The number of alkyl halides is 3. The monoisotopic (exact) mass is 312 g/mol. The van der Waals surface area contributed by atoms with Crippen LogP contribution in [0.4, 0.5) is 19.1 Å². The average Bonchev–Trinajstić information content (AvgIpc) is 3.01. The fraction of sp³-hybridized carbons (Fsp3) is 0.462. The molecule has 0 aliphatic carbocycles. The van der Waals surface area contributed by atoms with Gasteiger partial charge in [-0.25, -0.2) is 9.97 Å². The Morgan fingerprint density at radius 1 is 1.32 bits per heavy atom. The first-order chi connectivity index (χ1) is 10.5. The molecule has 0 amide bonds. The molecule has 0 aromatic carbocycles. The molecule has 6 nitrogen and oxygen atoms in total. The van der Waals surface area contributed by atoms with Gasteiger partial charge >= 0.3 is 6.18 Å². The lowest BCUT2D eigenvalue weighted by molar-refractivity contribution is -0.137. The van der Waals surface area contributed by atoms with E-state index in [0.29, 0.717) is 0 Å². The number of anilines is 1. The van der Waals surface area contributed by atoms with Gasteiger partial charge in [0.1, 0.15) is 11.3 Å². The van der Waals surface area contributed by atoms with Crippen molar-refractivity contribution in [1.82, 2.24) is 25.5 Å². The molecule has 1 unspecified atom stereocenters. The zero-order chi connectivity index (χ0) is 15.6. The van der Waals surface area contributed by atoms with E-state index >= 15 is 0 Å². The van der Waals surface area contributed by atoms with Crippen molar-refractivity contribution in [3.63, 3.8) is 0 Å². The van der Waals surface area contributed by atoms with Crippen molar-refractivity contribution < 1.29 is 13.2 Å². The Labute approximate surface area is 124 Å². The third-order valence-electron chi connectivity index (χ3n) is 3.48. The van der Waals surface area contributed by atoms with E-state index in [4.69, 9.17) is 0 Å². The fourth-order valence-corrected chi connectivity index (χ4v) is 2.41. The van der Waals surface area contributed by atoms with E-state index in [1.165, 1.54) is 12.3 Å². The van der Waals surface area contributed by atoms with Crippen LogP contribution in [-0.2, 0) is 6.18 Å². The maximum Gasteiger partial charge on any atom is 0.420 e. The van der Waals surface area contributed by atoms with Gasteiger partial charge in [-0.3, -0.25) is 5.10 Å². The van der Waals surface area contributed by atoms with Crippen LogP contribution < -0.4 is 10.6 Å². The summed E-state index contributed by atoms with van der Waals surface area (Å²) in [4.78, 5) is 7.84. The molecule has 0 bridgehead atoms. The van der Waals surface area contributed by atoms with Crippen molar-refractivity contribution >= 4 is 5.95 Å². The summed E-state index contributed by atoms with van der Waals surface area (Å²) in [5.41, 5.74) is -0.880. The highest BCUT2D eigenvalue weighted by atomic mass is 19.4. The number of aromatic amines is 1. The van der Waals surface area contributed by atoms with Crippen molar-refractivity contribution in [3.8, 4) is 11.4 Å². The first-order valence-electron chi connectivity index (χ1n) is 6.95. The van der Waals surface area contributed by atoms with Crippen LogP contribution in [0.15, 0.2) is 18.5 Å². The summed E-state index contributed by atoms with van der Waals surface area (Å²) < 4.78 is 39.3. The lowest BCUT2D eigenvalue weighted by Gasteiger charge is -2.24. The molecule has 9 heteroatoms. The predicted molar refractivity (Wildman–Crippen MR) is 74.1 cm³/mol. The van der Waals surface area contributed by atoms with Crippen LogP contribution in [0.1, 0.15) is 18.4 Å². The molecule has 118 valence electrons.